The molecule has 158 valence electrons. The van der Waals surface area contributed by atoms with Gasteiger partial charge >= 0.3 is 0 Å². The summed E-state index contributed by atoms with van der Waals surface area (Å²) in [5, 5.41) is 4.55. The maximum atomic E-state index is 4.74. The van der Waals surface area contributed by atoms with Crippen LogP contribution in [0.4, 0.5) is 5.82 Å². The number of nitrogens with zero attached hydrogens (tertiary/aromatic N) is 6. The summed E-state index contributed by atoms with van der Waals surface area (Å²) in [4.78, 5) is 14.4. The van der Waals surface area contributed by atoms with Crippen LogP contribution < -0.4 is 4.90 Å². The van der Waals surface area contributed by atoms with Crippen molar-refractivity contribution in [3.8, 4) is 0 Å². The van der Waals surface area contributed by atoms with Crippen LogP contribution in [0.1, 0.15) is 49.4 Å². The van der Waals surface area contributed by atoms with Crippen LogP contribution in [0.25, 0.3) is 5.78 Å². The zero-order valence-corrected chi connectivity index (χ0v) is 18.2. The number of rotatable bonds is 4. The Kier molecular flexibility index (Phi) is 5.42. The molecule has 6 heteroatoms. The molecule has 0 unspecified atom stereocenters. The average Bonchev–Trinajstić information content (AvgIpc) is 3.23. The predicted molar refractivity (Wildman–Crippen MR) is 120 cm³/mol. The van der Waals surface area contributed by atoms with Gasteiger partial charge in [-0.25, -0.2) is 4.98 Å². The highest BCUT2D eigenvalue weighted by atomic mass is 15.4. The Morgan fingerprint density at radius 1 is 1.03 bits per heavy atom. The summed E-state index contributed by atoms with van der Waals surface area (Å²) in [5.41, 5.74) is 3.63. The summed E-state index contributed by atoms with van der Waals surface area (Å²) in [5.74, 6) is 2.72. The van der Waals surface area contributed by atoms with Gasteiger partial charge in [-0.2, -0.15) is 14.6 Å². The number of aryl methyl sites for hydroxylation is 1. The lowest BCUT2D eigenvalue weighted by atomic mass is 9.95. The highest BCUT2D eigenvalue weighted by molar-refractivity contribution is 5.56. The summed E-state index contributed by atoms with van der Waals surface area (Å²) >= 11 is 0. The van der Waals surface area contributed by atoms with E-state index >= 15 is 0 Å². The van der Waals surface area contributed by atoms with Crippen molar-refractivity contribution in [3.63, 3.8) is 0 Å². The monoisotopic (exact) mass is 404 g/mol. The number of hydrogen-bond acceptors (Lipinski definition) is 5. The van der Waals surface area contributed by atoms with Crippen LogP contribution in [0.2, 0.25) is 0 Å². The van der Waals surface area contributed by atoms with E-state index in [0.717, 1.165) is 37.2 Å². The fourth-order valence-electron chi connectivity index (χ4n) is 5.30. The van der Waals surface area contributed by atoms with Crippen molar-refractivity contribution < 1.29 is 0 Å². The summed E-state index contributed by atoms with van der Waals surface area (Å²) in [6.45, 7) is 9.18. The summed E-state index contributed by atoms with van der Waals surface area (Å²) in [7, 11) is 0. The smallest absolute Gasteiger partial charge is 0.254 e. The minimum absolute atomic E-state index is 0.700. The van der Waals surface area contributed by atoms with Crippen LogP contribution in [0.3, 0.4) is 0 Å². The van der Waals surface area contributed by atoms with Crippen LogP contribution in [-0.4, -0.2) is 56.7 Å². The van der Waals surface area contributed by atoms with E-state index in [1.165, 1.54) is 55.7 Å². The fraction of sp³-hybridized carbons (Fsp3) is 0.542. The van der Waals surface area contributed by atoms with Gasteiger partial charge in [0.05, 0.1) is 0 Å². The average molecular weight is 405 g/mol. The largest absolute Gasteiger partial charge is 0.356 e. The van der Waals surface area contributed by atoms with Crippen LogP contribution >= 0.6 is 0 Å². The van der Waals surface area contributed by atoms with E-state index in [1.807, 2.05) is 4.52 Å². The Balaban J connectivity index is 1.42. The van der Waals surface area contributed by atoms with Gasteiger partial charge in [-0.1, -0.05) is 37.3 Å². The lowest BCUT2D eigenvalue weighted by Gasteiger charge is -2.42. The molecule has 2 aliphatic heterocycles. The molecule has 0 aliphatic carbocycles. The summed E-state index contributed by atoms with van der Waals surface area (Å²) < 4.78 is 1.95. The lowest BCUT2D eigenvalue weighted by molar-refractivity contribution is 0.112. The Bertz CT molecular complexity index is 990. The van der Waals surface area contributed by atoms with Gasteiger partial charge in [0.2, 0.25) is 0 Å². The number of hydrogen-bond donors (Lipinski definition) is 0. The molecule has 30 heavy (non-hydrogen) atoms. The van der Waals surface area contributed by atoms with Gasteiger partial charge in [-0.3, -0.25) is 4.90 Å². The zero-order chi connectivity index (χ0) is 20.5. The van der Waals surface area contributed by atoms with Crippen LogP contribution in [0.5, 0.6) is 0 Å². The van der Waals surface area contributed by atoms with Crippen LogP contribution in [-0.2, 0) is 6.42 Å². The van der Waals surface area contributed by atoms with Gasteiger partial charge in [-0.05, 0) is 50.6 Å². The molecule has 2 aromatic heterocycles. The molecule has 0 N–H and O–H groups in total. The van der Waals surface area contributed by atoms with Crippen LogP contribution in [0.15, 0.2) is 36.7 Å². The molecule has 0 amide bonds. The van der Waals surface area contributed by atoms with Gasteiger partial charge in [0.1, 0.15) is 12.1 Å². The Labute approximate surface area is 178 Å². The van der Waals surface area contributed by atoms with Crippen molar-refractivity contribution in [1.82, 2.24) is 24.5 Å². The first-order chi connectivity index (χ1) is 14.7. The van der Waals surface area contributed by atoms with E-state index in [4.69, 9.17) is 4.98 Å². The third kappa shape index (κ3) is 3.81. The third-order valence-electron chi connectivity index (χ3n) is 6.90. The molecule has 2 saturated heterocycles. The zero-order valence-electron chi connectivity index (χ0n) is 18.2. The van der Waals surface area contributed by atoms with E-state index in [9.17, 15) is 0 Å². The molecule has 0 saturated carbocycles. The molecule has 1 atom stereocenters. The SMILES string of the molecule is Cc1nc2ncnn2c(N2CCC(N3CCC[C@H](C)C3)CC2)c1Cc1ccccc1. The molecule has 5 rings (SSSR count). The normalized spacial score (nSPS) is 21.4. The van der Waals surface area contributed by atoms with Crippen molar-refractivity contribution in [2.45, 2.75) is 52.0 Å². The minimum Gasteiger partial charge on any atom is -0.356 e. The van der Waals surface area contributed by atoms with Gasteiger partial charge in [0.25, 0.3) is 5.78 Å². The molecule has 2 aliphatic rings. The quantitative estimate of drug-likeness (QED) is 0.663. The molecule has 2 fully saturated rings. The standard InChI is InChI=1S/C24H32N6/c1-18-7-6-12-29(16-18)21-10-13-28(14-11-21)23-22(15-20-8-4-3-5-9-20)19(2)27-24-25-17-26-30(23)24/h3-5,8-9,17-18,21H,6-7,10-16H2,1-2H3/t18-/m0/s1. The maximum absolute atomic E-state index is 4.74. The molecule has 3 aromatic rings. The van der Waals surface area contributed by atoms with Crippen molar-refractivity contribution in [2.75, 3.05) is 31.1 Å². The second kappa shape index (κ2) is 8.34. The van der Waals surface area contributed by atoms with Crippen molar-refractivity contribution >= 4 is 11.6 Å². The summed E-state index contributed by atoms with van der Waals surface area (Å²) in [6.07, 6.45) is 7.67. The third-order valence-corrected chi connectivity index (χ3v) is 6.90. The highest BCUT2D eigenvalue weighted by Gasteiger charge is 2.30. The molecule has 0 spiro atoms. The number of anilines is 1. The Hall–Kier alpha value is -2.47. The molecule has 0 radical (unpaired) electrons. The van der Waals surface area contributed by atoms with E-state index in [0.29, 0.717) is 5.78 Å². The Morgan fingerprint density at radius 2 is 1.83 bits per heavy atom. The van der Waals surface area contributed by atoms with Crippen molar-refractivity contribution in [1.29, 1.82) is 0 Å². The first-order valence-corrected chi connectivity index (χ1v) is 11.4. The van der Waals surface area contributed by atoms with Gasteiger partial charge in [0.15, 0.2) is 0 Å². The fourth-order valence-corrected chi connectivity index (χ4v) is 5.30. The molecular weight excluding hydrogens is 372 g/mol. The second-order valence-electron chi connectivity index (χ2n) is 9.09. The lowest BCUT2D eigenvalue weighted by Crippen LogP contribution is -2.48. The molecule has 0 bridgehead atoms. The number of fused-ring (bicyclic) bond motifs is 1. The first-order valence-electron chi connectivity index (χ1n) is 11.4. The van der Waals surface area contributed by atoms with Gasteiger partial charge < -0.3 is 4.90 Å². The van der Waals surface area contributed by atoms with Crippen molar-refractivity contribution in [2.24, 2.45) is 5.92 Å². The second-order valence-corrected chi connectivity index (χ2v) is 9.09. The first kappa shape index (κ1) is 19.5. The summed E-state index contributed by atoms with van der Waals surface area (Å²) in [6, 6.07) is 11.4. The topological polar surface area (TPSA) is 49.6 Å². The number of likely N-dealkylation sites (tertiary alicyclic amines) is 1. The van der Waals surface area contributed by atoms with E-state index < -0.39 is 0 Å². The van der Waals surface area contributed by atoms with Crippen molar-refractivity contribution in [3.05, 3.63) is 53.5 Å². The van der Waals surface area contributed by atoms with Gasteiger partial charge in [-0.15, -0.1) is 0 Å². The Morgan fingerprint density at radius 3 is 2.60 bits per heavy atom. The van der Waals surface area contributed by atoms with E-state index in [1.54, 1.807) is 6.33 Å². The van der Waals surface area contributed by atoms with Gasteiger partial charge in [0, 0.05) is 43.4 Å². The molecular formula is C24H32N6. The maximum Gasteiger partial charge on any atom is 0.254 e. The molecule has 1 aromatic carbocycles. The number of benzene rings is 1. The number of aromatic nitrogens is 4. The predicted octanol–water partition coefficient (Wildman–Crippen LogP) is 3.72. The highest BCUT2D eigenvalue weighted by Crippen LogP contribution is 2.30. The molecule has 6 nitrogen and oxygen atoms in total. The number of piperidine rings is 2. The minimum atomic E-state index is 0.700. The van der Waals surface area contributed by atoms with Crippen LogP contribution in [0, 0.1) is 12.8 Å². The molecule has 4 heterocycles. The van der Waals surface area contributed by atoms with E-state index in [-0.39, 0.29) is 0 Å². The van der Waals surface area contributed by atoms with E-state index in [2.05, 4.69) is 64.1 Å².